The molecule has 16 heavy (non-hydrogen) atoms. The number of hydrogen-bond acceptors (Lipinski definition) is 1. The number of rotatable bonds is 1. The Morgan fingerprint density at radius 1 is 0.812 bits per heavy atom. The van der Waals surface area contributed by atoms with Crippen LogP contribution in [-0.2, 0) is 0 Å². The van der Waals surface area contributed by atoms with Crippen molar-refractivity contribution in [3.8, 4) is 11.1 Å². The van der Waals surface area contributed by atoms with Crippen molar-refractivity contribution < 1.29 is 0 Å². The first-order chi connectivity index (χ1) is 7.86. The topological polar surface area (TPSA) is 0 Å². The number of aryl methyl sites for hydroxylation is 1. The van der Waals surface area contributed by atoms with Gasteiger partial charge in [0.2, 0.25) is 0 Å². The molecule has 3 rings (SSSR count). The molecule has 0 radical (unpaired) electrons. The highest BCUT2D eigenvalue weighted by Crippen LogP contribution is 2.37. The number of benzene rings is 2. The second-order valence-electron chi connectivity index (χ2n) is 3.90. The highest BCUT2D eigenvalue weighted by Gasteiger charge is 2.09. The van der Waals surface area contributed by atoms with E-state index in [1.54, 1.807) is 0 Å². The molecule has 0 saturated heterocycles. The van der Waals surface area contributed by atoms with Gasteiger partial charge in [0.25, 0.3) is 0 Å². The lowest BCUT2D eigenvalue weighted by Gasteiger charge is -2.01. The van der Waals surface area contributed by atoms with E-state index in [4.69, 9.17) is 0 Å². The van der Waals surface area contributed by atoms with Crippen LogP contribution in [0.2, 0.25) is 0 Å². The van der Waals surface area contributed by atoms with E-state index in [9.17, 15) is 0 Å². The van der Waals surface area contributed by atoms with Gasteiger partial charge in [0.1, 0.15) is 0 Å². The van der Waals surface area contributed by atoms with E-state index in [0.717, 1.165) is 0 Å². The second-order valence-corrected chi connectivity index (χ2v) is 5.15. The first-order valence-electron chi connectivity index (χ1n) is 5.40. The molecule has 1 heteroatoms. The van der Waals surface area contributed by atoms with Gasteiger partial charge in [-0.1, -0.05) is 48.5 Å². The van der Waals surface area contributed by atoms with Crippen LogP contribution >= 0.6 is 11.3 Å². The van der Waals surface area contributed by atoms with Crippen LogP contribution in [0.15, 0.2) is 54.6 Å². The third-order valence-electron chi connectivity index (χ3n) is 2.83. The Kier molecular flexibility index (Phi) is 2.26. The maximum Gasteiger partial charge on any atom is 0.0352 e. The van der Waals surface area contributed by atoms with Crippen LogP contribution < -0.4 is 0 Å². The summed E-state index contributed by atoms with van der Waals surface area (Å²) >= 11 is 1.87. The molecule has 0 unspecified atom stereocenters. The van der Waals surface area contributed by atoms with Gasteiger partial charge in [-0.15, -0.1) is 11.3 Å². The summed E-state index contributed by atoms with van der Waals surface area (Å²) in [5.41, 5.74) is 2.71. The van der Waals surface area contributed by atoms with E-state index in [0.29, 0.717) is 0 Å². The highest BCUT2D eigenvalue weighted by atomic mass is 32.1. The average molecular weight is 224 g/mol. The Balaban J connectivity index is 2.35. The summed E-state index contributed by atoms with van der Waals surface area (Å²) < 4.78 is 1.37. The standard InChI is InChI=1S/C15H12S/c1-11-15(12-7-3-2-4-8-12)13-9-5-6-10-14(13)16-11/h2-10H,1H3. The molecule has 0 spiro atoms. The van der Waals surface area contributed by atoms with Crippen LogP contribution in [0.3, 0.4) is 0 Å². The van der Waals surface area contributed by atoms with Crippen molar-refractivity contribution >= 4 is 21.4 Å². The fourth-order valence-electron chi connectivity index (χ4n) is 2.13. The summed E-state index contributed by atoms with van der Waals surface area (Å²) in [4.78, 5) is 1.40. The molecule has 2 aromatic carbocycles. The Morgan fingerprint density at radius 2 is 1.50 bits per heavy atom. The molecule has 78 valence electrons. The third-order valence-corrected chi connectivity index (χ3v) is 3.92. The van der Waals surface area contributed by atoms with Gasteiger partial charge in [-0.2, -0.15) is 0 Å². The smallest absolute Gasteiger partial charge is 0.0352 e. The summed E-state index contributed by atoms with van der Waals surface area (Å²) in [6.07, 6.45) is 0. The Hall–Kier alpha value is -1.60. The van der Waals surface area contributed by atoms with E-state index in [1.165, 1.54) is 26.1 Å². The quantitative estimate of drug-likeness (QED) is 0.553. The average Bonchev–Trinajstić information content (AvgIpc) is 2.66. The van der Waals surface area contributed by atoms with E-state index in [2.05, 4.69) is 61.5 Å². The molecule has 0 fully saturated rings. The van der Waals surface area contributed by atoms with Crippen molar-refractivity contribution in [2.45, 2.75) is 6.92 Å². The molecular weight excluding hydrogens is 212 g/mol. The van der Waals surface area contributed by atoms with Crippen molar-refractivity contribution in [1.29, 1.82) is 0 Å². The number of thiophene rings is 1. The Labute approximate surface area is 99.2 Å². The van der Waals surface area contributed by atoms with Crippen molar-refractivity contribution in [3.63, 3.8) is 0 Å². The highest BCUT2D eigenvalue weighted by molar-refractivity contribution is 7.19. The number of fused-ring (bicyclic) bond motifs is 1. The van der Waals surface area contributed by atoms with Crippen LogP contribution in [0.1, 0.15) is 4.88 Å². The van der Waals surface area contributed by atoms with Gasteiger partial charge in [-0.3, -0.25) is 0 Å². The lowest BCUT2D eigenvalue weighted by atomic mass is 10.0. The zero-order chi connectivity index (χ0) is 11.0. The lowest BCUT2D eigenvalue weighted by Crippen LogP contribution is -1.76. The monoisotopic (exact) mass is 224 g/mol. The van der Waals surface area contributed by atoms with Crippen molar-refractivity contribution in [1.82, 2.24) is 0 Å². The van der Waals surface area contributed by atoms with Gasteiger partial charge < -0.3 is 0 Å². The molecular formula is C15H12S. The molecule has 0 nitrogen and oxygen atoms in total. The molecule has 1 aromatic heterocycles. The summed E-state index contributed by atoms with van der Waals surface area (Å²) in [5, 5.41) is 1.37. The fourth-order valence-corrected chi connectivity index (χ4v) is 3.22. The van der Waals surface area contributed by atoms with Gasteiger partial charge in [-0.25, -0.2) is 0 Å². The van der Waals surface area contributed by atoms with E-state index in [1.807, 2.05) is 11.3 Å². The molecule has 0 amide bonds. The van der Waals surface area contributed by atoms with Gasteiger partial charge in [-0.05, 0) is 18.6 Å². The van der Waals surface area contributed by atoms with Crippen LogP contribution in [0, 0.1) is 6.92 Å². The Bertz CT molecular complexity index is 620. The van der Waals surface area contributed by atoms with Gasteiger partial charge >= 0.3 is 0 Å². The van der Waals surface area contributed by atoms with Crippen LogP contribution in [-0.4, -0.2) is 0 Å². The fraction of sp³-hybridized carbons (Fsp3) is 0.0667. The first kappa shape index (κ1) is 9.61. The molecule has 0 aliphatic rings. The third kappa shape index (κ3) is 1.44. The van der Waals surface area contributed by atoms with Crippen molar-refractivity contribution in [2.24, 2.45) is 0 Å². The first-order valence-corrected chi connectivity index (χ1v) is 6.21. The molecule has 0 atom stereocenters. The molecule has 3 aromatic rings. The van der Waals surface area contributed by atoms with Gasteiger partial charge in [0, 0.05) is 20.5 Å². The zero-order valence-corrected chi connectivity index (χ0v) is 9.92. The van der Waals surface area contributed by atoms with Crippen LogP contribution in [0.25, 0.3) is 21.2 Å². The number of hydrogen-bond donors (Lipinski definition) is 0. The largest absolute Gasteiger partial charge is 0.140 e. The lowest BCUT2D eigenvalue weighted by molar-refractivity contribution is 1.60. The molecule has 0 saturated carbocycles. The summed E-state index contributed by atoms with van der Waals surface area (Å²) in [6, 6.07) is 19.2. The summed E-state index contributed by atoms with van der Waals surface area (Å²) in [6.45, 7) is 2.20. The maximum absolute atomic E-state index is 2.21. The molecule has 0 bridgehead atoms. The SMILES string of the molecule is Cc1sc2ccccc2c1-c1ccccc1. The summed E-state index contributed by atoms with van der Waals surface area (Å²) in [7, 11) is 0. The van der Waals surface area contributed by atoms with Crippen LogP contribution in [0.5, 0.6) is 0 Å². The van der Waals surface area contributed by atoms with Crippen molar-refractivity contribution in [3.05, 3.63) is 59.5 Å². The minimum atomic E-state index is 1.32. The van der Waals surface area contributed by atoms with Gasteiger partial charge in [0.05, 0.1) is 0 Å². The van der Waals surface area contributed by atoms with E-state index >= 15 is 0 Å². The van der Waals surface area contributed by atoms with E-state index < -0.39 is 0 Å². The van der Waals surface area contributed by atoms with Crippen LogP contribution in [0.4, 0.5) is 0 Å². The van der Waals surface area contributed by atoms with E-state index in [-0.39, 0.29) is 0 Å². The zero-order valence-electron chi connectivity index (χ0n) is 9.10. The predicted octanol–water partition coefficient (Wildman–Crippen LogP) is 4.88. The molecule has 0 N–H and O–H groups in total. The molecule has 0 aliphatic heterocycles. The predicted molar refractivity (Wildman–Crippen MR) is 72.0 cm³/mol. The minimum absolute atomic E-state index is 1.32. The summed E-state index contributed by atoms with van der Waals surface area (Å²) in [5.74, 6) is 0. The normalized spacial score (nSPS) is 10.8. The van der Waals surface area contributed by atoms with Gasteiger partial charge in [0.15, 0.2) is 0 Å². The maximum atomic E-state index is 2.21. The molecule has 0 aliphatic carbocycles. The van der Waals surface area contributed by atoms with Crippen molar-refractivity contribution in [2.75, 3.05) is 0 Å². The minimum Gasteiger partial charge on any atom is -0.140 e. The second kappa shape index (κ2) is 3.76. The Morgan fingerprint density at radius 3 is 2.31 bits per heavy atom. The molecule has 1 heterocycles.